The molecule has 5 nitrogen and oxygen atoms in total. The maximum atomic E-state index is 12.1. The molecule has 5 heteroatoms. The molecular formula is C19H22N4O. The van der Waals surface area contributed by atoms with Gasteiger partial charge >= 0.3 is 0 Å². The van der Waals surface area contributed by atoms with Gasteiger partial charge in [-0.05, 0) is 35.2 Å². The highest BCUT2D eigenvalue weighted by Crippen LogP contribution is 2.20. The molecule has 0 fully saturated rings. The number of benzene rings is 2. The second-order valence-corrected chi connectivity index (χ2v) is 6.13. The van der Waals surface area contributed by atoms with Crippen molar-refractivity contribution in [2.75, 3.05) is 0 Å². The SMILES string of the molecule is CCCCc1[nH][nH]c(=O)c1Cc1ccc2ccc(C(=N)N)cc2c1. The number of amidine groups is 1. The molecular weight excluding hydrogens is 300 g/mol. The third-order valence-corrected chi connectivity index (χ3v) is 4.34. The maximum absolute atomic E-state index is 12.1. The van der Waals surface area contributed by atoms with E-state index < -0.39 is 0 Å². The molecule has 0 aliphatic rings. The fourth-order valence-electron chi connectivity index (χ4n) is 2.95. The molecule has 0 saturated carbocycles. The molecule has 0 radical (unpaired) electrons. The van der Waals surface area contributed by atoms with E-state index in [2.05, 4.69) is 23.2 Å². The molecule has 0 unspecified atom stereocenters. The van der Waals surface area contributed by atoms with Gasteiger partial charge in [0.2, 0.25) is 0 Å². The van der Waals surface area contributed by atoms with E-state index in [1.54, 1.807) is 0 Å². The summed E-state index contributed by atoms with van der Waals surface area (Å²) in [5.41, 5.74) is 9.13. The molecule has 0 aliphatic heterocycles. The number of aromatic amines is 2. The van der Waals surface area contributed by atoms with Crippen LogP contribution in [0.2, 0.25) is 0 Å². The zero-order chi connectivity index (χ0) is 17.1. The Bertz CT molecular complexity index is 936. The summed E-state index contributed by atoms with van der Waals surface area (Å²) in [6, 6.07) is 11.9. The first-order chi connectivity index (χ1) is 11.6. The number of nitrogens with two attached hydrogens (primary N) is 1. The molecule has 0 spiro atoms. The van der Waals surface area contributed by atoms with Gasteiger partial charge in [-0.25, -0.2) is 0 Å². The highest BCUT2D eigenvalue weighted by atomic mass is 16.1. The van der Waals surface area contributed by atoms with Crippen molar-refractivity contribution in [1.29, 1.82) is 5.41 Å². The highest BCUT2D eigenvalue weighted by molar-refractivity contribution is 5.99. The molecule has 124 valence electrons. The van der Waals surface area contributed by atoms with Gasteiger partial charge in [0, 0.05) is 23.2 Å². The topological polar surface area (TPSA) is 98.5 Å². The van der Waals surface area contributed by atoms with Crippen LogP contribution in [0.3, 0.4) is 0 Å². The van der Waals surface area contributed by atoms with E-state index in [0.717, 1.165) is 46.9 Å². The summed E-state index contributed by atoms with van der Waals surface area (Å²) in [5, 5.41) is 15.4. The summed E-state index contributed by atoms with van der Waals surface area (Å²) in [4.78, 5) is 12.1. The molecule has 0 atom stereocenters. The van der Waals surface area contributed by atoms with Crippen molar-refractivity contribution in [2.24, 2.45) is 5.73 Å². The van der Waals surface area contributed by atoms with E-state index in [1.165, 1.54) is 0 Å². The summed E-state index contributed by atoms with van der Waals surface area (Å²) in [5.74, 6) is 0.0613. The Morgan fingerprint density at radius 2 is 1.92 bits per heavy atom. The Kier molecular flexibility index (Phi) is 4.51. The molecule has 24 heavy (non-hydrogen) atoms. The number of rotatable bonds is 6. The lowest BCUT2D eigenvalue weighted by Gasteiger charge is -2.06. The van der Waals surface area contributed by atoms with Gasteiger partial charge < -0.3 is 10.8 Å². The average Bonchev–Trinajstić information content (AvgIpc) is 2.92. The lowest BCUT2D eigenvalue weighted by Crippen LogP contribution is -2.10. The molecule has 3 aromatic rings. The van der Waals surface area contributed by atoms with Crippen molar-refractivity contribution in [2.45, 2.75) is 32.6 Å². The van der Waals surface area contributed by atoms with Gasteiger partial charge in [0.1, 0.15) is 5.84 Å². The zero-order valence-corrected chi connectivity index (χ0v) is 13.8. The van der Waals surface area contributed by atoms with Crippen LogP contribution in [0.25, 0.3) is 10.8 Å². The molecule has 0 amide bonds. The van der Waals surface area contributed by atoms with Crippen LogP contribution in [0.5, 0.6) is 0 Å². The molecule has 1 heterocycles. The first kappa shape index (κ1) is 16.1. The van der Waals surface area contributed by atoms with Gasteiger partial charge in [0.25, 0.3) is 5.56 Å². The number of fused-ring (bicyclic) bond motifs is 1. The second kappa shape index (κ2) is 6.74. The number of aromatic nitrogens is 2. The number of nitrogens with one attached hydrogen (secondary N) is 3. The van der Waals surface area contributed by atoms with Crippen molar-refractivity contribution < 1.29 is 0 Å². The second-order valence-electron chi connectivity index (χ2n) is 6.13. The van der Waals surface area contributed by atoms with Gasteiger partial charge in [-0.2, -0.15) is 0 Å². The summed E-state index contributed by atoms with van der Waals surface area (Å²) in [7, 11) is 0. The zero-order valence-electron chi connectivity index (χ0n) is 13.8. The Labute approximate surface area is 140 Å². The van der Waals surface area contributed by atoms with E-state index in [-0.39, 0.29) is 11.4 Å². The van der Waals surface area contributed by atoms with Gasteiger partial charge in [-0.3, -0.25) is 15.3 Å². The standard InChI is InChI=1S/C19H22N4O/c1-2-3-4-17-16(19(24)23-22-17)10-12-5-6-13-7-8-14(18(20)21)11-15(13)9-12/h5-9,11H,2-4,10H2,1H3,(H3,20,21)(H2,22,23,24). The molecule has 1 aromatic heterocycles. The predicted octanol–water partition coefficient (Wildman–Crippen LogP) is 3.07. The fraction of sp³-hybridized carbons (Fsp3) is 0.263. The van der Waals surface area contributed by atoms with Gasteiger partial charge in [0.05, 0.1) is 0 Å². The van der Waals surface area contributed by atoms with Crippen LogP contribution >= 0.6 is 0 Å². The lowest BCUT2D eigenvalue weighted by molar-refractivity contribution is 0.766. The van der Waals surface area contributed by atoms with Crippen LogP contribution in [0, 0.1) is 5.41 Å². The average molecular weight is 322 g/mol. The summed E-state index contributed by atoms with van der Waals surface area (Å²) in [6.07, 6.45) is 3.63. The smallest absolute Gasteiger partial charge is 0.267 e. The predicted molar refractivity (Wildman–Crippen MR) is 97.8 cm³/mol. The third kappa shape index (κ3) is 3.25. The molecule has 2 aromatic carbocycles. The van der Waals surface area contributed by atoms with Crippen LogP contribution in [0.1, 0.15) is 42.1 Å². The number of hydrogen-bond donors (Lipinski definition) is 4. The van der Waals surface area contributed by atoms with Crippen molar-refractivity contribution in [3.05, 3.63) is 69.1 Å². The van der Waals surface area contributed by atoms with Gasteiger partial charge in [-0.1, -0.05) is 43.7 Å². The minimum Gasteiger partial charge on any atom is -0.384 e. The largest absolute Gasteiger partial charge is 0.384 e. The van der Waals surface area contributed by atoms with Gasteiger partial charge in [-0.15, -0.1) is 0 Å². The minimum atomic E-state index is -0.0429. The Balaban J connectivity index is 1.94. The van der Waals surface area contributed by atoms with Crippen LogP contribution in [0.4, 0.5) is 0 Å². The highest BCUT2D eigenvalue weighted by Gasteiger charge is 2.11. The van der Waals surface area contributed by atoms with E-state index in [1.807, 2.05) is 30.3 Å². The van der Waals surface area contributed by atoms with Crippen LogP contribution in [0.15, 0.2) is 41.2 Å². The number of aryl methyl sites for hydroxylation is 1. The Morgan fingerprint density at radius 1 is 1.12 bits per heavy atom. The quantitative estimate of drug-likeness (QED) is 0.414. The third-order valence-electron chi connectivity index (χ3n) is 4.34. The minimum absolute atomic E-state index is 0.0429. The number of hydrogen-bond acceptors (Lipinski definition) is 2. The molecule has 0 aliphatic carbocycles. The first-order valence-corrected chi connectivity index (χ1v) is 8.24. The van der Waals surface area contributed by atoms with Crippen molar-refractivity contribution in [1.82, 2.24) is 10.2 Å². The van der Waals surface area contributed by atoms with E-state index in [0.29, 0.717) is 12.0 Å². The maximum Gasteiger partial charge on any atom is 0.267 e. The lowest BCUT2D eigenvalue weighted by atomic mass is 9.99. The molecule has 3 rings (SSSR count). The Morgan fingerprint density at radius 3 is 2.67 bits per heavy atom. The fourth-order valence-corrected chi connectivity index (χ4v) is 2.95. The Hall–Kier alpha value is -2.82. The molecule has 5 N–H and O–H groups in total. The van der Waals surface area contributed by atoms with Crippen LogP contribution in [-0.2, 0) is 12.8 Å². The number of H-pyrrole nitrogens is 2. The van der Waals surface area contributed by atoms with E-state index in [4.69, 9.17) is 11.1 Å². The van der Waals surface area contributed by atoms with Crippen LogP contribution in [-0.4, -0.2) is 16.0 Å². The van der Waals surface area contributed by atoms with E-state index in [9.17, 15) is 4.79 Å². The van der Waals surface area contributed by atoms with E-state index >= 15 is 0 Å². The van der Waals surface area contributed by atoms with Crippen LogP contribution < -0.4 is 11.3 Å². The first-order valence-electron chi connectivity index (χ1n) is 8.24. The monoisotopic (exact) mass is 322 g/mol. The molecule has 0 bridgehead atoms. The summed E-state index contributed by atoms with van der Waals surface area (Å²) >= 11 is 0. The van der Waals surface area contributed by atoms with Gasteiger partial charge in [0.15, 0.2) is 0 Å². The summed E-state index contributed by atoms with van der Waals surface area (Å²) in [6.45, 7) is 2.14. The van der Waals surface area contributed by atoms with Crippen molar-refractivity contribution in [3.63, 3.8) is 0 Å². The van der Waals surface area contributed by atoms with Crippen molar-refractivity contribution >= 4 is 16.6 Å². The summed E-state index contributed by atoms with van der Waals surface area (Å²) < 4.78 is 0. The number of nitrogen functional groups attached to an aromatic ring is 1. The normalized spacial score (nSPS) is 11.0. The molecule has 0 saturated heterocycles. The number of unbranched alkanes of at least 4 members (excludes halogenated alkanes) is 1. The van der Waals surface area contributed by atoms with Crippen molar-refractivity contribution in [3.8, 4) is 0 Å².